The molecule has 82 valence electrons. The summed E-state index contributed by atoms with van der Waals surface area (Å²) >= 11 is 10.5. The summed E-state index contributed by atoms with van der Waals surface area (Å²) in [6.45, 7) is 0. The molecule has 0 atom stereocenters. The maximum absolute atomic E-state index is 11.5. The molecule has 1 heterocycles. The number of carbonyl (C=O) groups is 1. The van der Waals surface area contributed by atoms with E-state index in [4.69, 9.17) is 23.8 Å². The van der Waals surface area contributed by atoms with Crippen molar-refractivity contribution >= 4 is 34.8 Å². The first kappa shape index (κ1) is 11.7. The molecule has 1 aromatic heterocycles. The Morgan fingerprint density at radius 1 is 1.60 bits per heavy atom. The number of hydrogen-bond acceptors (Lipinski definition) is 3. The van der Waals surface area contributed by atoms with Crippen molar-refractivity contribution in [2.45, 2.75) is 0 Å². The van der Waals surface area contributed by atoms with E-state index in [1.807, 2.05) is 0 Å². The van der Waals surface area contributed by atoms with E-state index in [-0.39, 0.29) is 10.7 Å². The lowest BCUT2D eigenvalue weighted by atomic mass is 10.4. The van der Waals surface area contributed by atoms with Gasteiger partial charge < -0.3 is 5.32 Å². The van der Waals surface area contributed by atoms with Crippen molar-refractivity contribution in [3.8, 4) is 0 Å². The van der Waals surface area contributed by atoms with Gasteiger partial charge in [0.25, 0.3) is 5.91 Å². The van der Waals surface area contributed by atoms with Crippen molar-refractivity contribution in [1.29, 1.82) is 0 Å². The Labute approximate surface area is 96.9 Å². The molecule has 1 rings (SSSR count). The van der Waals surface area contributed by atoms with Crippen LogP contribution >= 0.6 is 23.8 Å². The van der Waals surface area contributed by atoms with Gasteiger partial charge in [0.15, 0.2) is 10.8 Å². The Hall–Kier alpha value is -1.34. The van der Waals surface area contributed by atoms with Crippen LogP contribution in [0.5, 0.6) is 0 Å². The first-order chi connectivity index (χ1) is 7.04. The summed E-state index contributed by atoms with van der Waals surface area (Å²) in [5.74, 6) is -0.446. The summed E-state index contributed by atoms with van der Waals surface area (Å²) in [7, 11) is 3.31. The van der Waals surface area contributed by atoms with E-state index < -0.39 is 5.91 Å². The molecule has 0 unspecified atom stereocenters. The van der Waals surface area contributed by atoms with Crippen LogP contribution in [0.15, 0.2) is 6.20 Å². The van der Waals surface area contributed by atoms with Crippen molar-refractivity contribution in [2.24, 2.45) is 7.05 Å². The van der Waals surface area contributed by atoms with Crippen LogP contribution < -0.4 is 16.2 Å². The molecule has 0 bridgehead atoms. The van der Waals surface area contributed by atoms with E-state index in [0.717, 1.165) is 0 Å². The molecule has 8 heteroatoms. The van der Waals surface area contributed by atoms with E-state index in [1.54, 1.807) is 14.1 Å². The fraction of sp³-hybridized carbons (Fsp3) is 0.286. The third-order valence-corrected chi connectivity index (χ3v) is 2.10. The Kier molecular flexibility index (Phi) is 3.87. The molecule has 0 saturated heterocycles. The van der Waals surface area contributed by atoms with Crippen LogP contribution in [0.3, 0.4) is 0 Å². The zero-order chi connectivity index (χ0) is 11.4. The number of nitrogens with zero attached hydrogens (tertiary/aromatic N) is 2. The zero-order valence-electron chi connectivity index (χ0n) is 8.17. The van der Waals surface area contributed by atoms with Gasteiger partial charge >= 0.3 is 0 Å². The van der Waals surface area contributed by atoms with Crippen LogP contribution in [0.1, 0.15) is 10.5 Å². The van der Waals surface area contributed by atoms with Gasteiger partial charge in [-0.25, -0.2) is 0 Å². The van der Waals surface area contributed by atoms with Gasteiger partial charge in [-0.1, -0.05) is 11.6 Å². The summed E-state index contributed by atoms with van der Waals surface area (Å²) in [6.07, 6.45) is 1.53. The Morgan fingerprint density at radius 2 is 2.27 bits per heavy atom. The number of thiocarbonyl (C=S) groups is 1. The summed E-state index contributed by atoms with van der Waals surface area (Å²) in [6, 6.07) is 0. The van der Waals surface area contributed by atoms with Gasteiger partial charge in [-0.05, 0) is 12.2 Å². The van der Waals surface area contributed by atoms with Gasteiger partial charge in [0.05, 0.1) is 5.02 Å². The van der Waals surface area contributed by atoms with Crippen molar-refractivity contribution < 1.29 is 4.79 Å². The Bertz CT molecular complexity index is 391. The highest BCUT2D eigenvalue weighted by Crippen LogP contribution is 2.12. The van der Waals surface area contributed by atoms with Crippen LogP contribution in [-0.4, -0.2) is 27.8 Å². The topological polar surface area (TPSA) is 71.0 Å². The lowest BCUT2D eigenvalue weighted by Crippen LogP contribution is -2.45. The minimum atomic E-state index is -0.446. The second-order valence-electron chi connectivity index (χ2n) is 2.66. The van der Waals surface area contributed by atoms with Crippen molar-refractivity contribution in [3.05, 3.63) is 16.9 Å². The van der Waals surface area contributed by atoms with Gasteiger partial charge in [-0.15, -0.1) is 0 Å². The molecular formula is C7H10ClN5OS. The number of halogens is 1. The molecular weight excluding hydrogens is 238 g/mol. The van der Waals surface area contributed by atoms with Crippen molar-refractivity contribution in [1.82, 2.24) is 25.9 Å². The summed E-state index contributed by atoms with van der Waals surface area (Å²) in [4.78, 5) is 11.5. The number of carbonyl (C=O) groups excluding carboxylic acids is 1. The normalized spacial score (nSPS) is 9.53. The van der Waals surface area contributed by atoms with Gasteiger partial charge in [-0.3, -0.25) is 20.3 Å². The first-order valence-electron chi connectivity index (χ1n) is 4.01. The highest BCUT2D eigenvalue weighted by molar-refractivity contribution is 7.80. The lowest BCUT2D eigenvalue weighted by Gasteiger charge is -2.07. The average Bonchev–Trinajstić information content (AvgIpc) is 2.53. The van der Waals surface area contributed by atoms with Crippen LogP contribution in [0.4, 0.5) is 0 Å². The predicted octanol–water partition coefficient (Wildman–Crippen LogP) is -0.188. The number of amides is 1. The van der Waals surface area contributed by atoms with Gasteiger partial charge in [0, 0.05) is 20.3 Å². The van der Waals surface area contributed by atoms with E-state index in [1.165, 1.54) is 10.9 Å². The van der Waals surface area contributed by atoms with Crippen LogP contribution in [-0.2, 0) is 7.05 Å². The minimum Gasteiger partial charge on any atom is -0.364 e. The van der Waals surface area contributed by atoms with Crippen molar-refractivity contribution in [3.63, 3.8) is 0 Å². The van der Waals surface area contributed by atoms with E-state index in [9.17, 15) is 4.79 Å². The largest absolute Gasteiger partial charge is 0.364 e. The van der Waals surface area contributed by atoms with Gasteiger partial charge in [0.1, 0.15) is 0 Å². The molecule has 1 amide bonds. The number of aryl methyl sites for hydroxylation is 1. The molecule has 3 N–H and O–H groups in total. The smallest absolute Gasteiger partial charge is 0.291 e. The maximum atomic E-state index is 11.5. The van der Waals surface area contributed by atoms with E-state index in [2.05, 4.69) is 21.3 Å². The molecule has 0 aliphatic carbocycles. The molecule has 0 spiro atoms. The van der Waals surface area contributed by atoms with Crippen molar-refractivity contribution in [2.75, 3.05) is 7.05 Å². The highest BCUT2D eigenvalue weighted by atomic mass is 35.5. The molecule has 0 radical (unpaired) electrons. The average molecular weight is 248 g/mol. The highest BCUT2D eigenvalue weighted by Gasteiger charge is 2.14. The summed E-state index contributed by atoms with van der Waals surface area (Å²) < 4.78 is 1.45. The maximum Gasteiger partial charge on any atom is 0.291 e. The quantitative estimate of drug-likeness (QED) is 0.474. The number of nitrogens with one attached hydrogen (secondary N) is 3. The molecule has 15 heavy (non-hydrogen) atoms. The molecule has 6 nitrogen and oxygen atoms in total. The molecule has 0 aliphatic rings. The number of hydrogen-bond donors (Lipinski definition) is 3. The number of hydrazine groups is 1. The van der Waals surface area contributed by atoms with Crippen LogP contribution in [0.25, 0.3) is 0 Å². The van der Waals surface area contributed by atoms with Crippen LogP contribution in [0, 0.1) is 0 Å². The number of aromatic nitrogens is 2. The minimum absolute atomic E-state index is 0.144. The summed E-state index contributed by atoms with van der Waals surface area (Å²) in [5, 5.41) is 7.11. The first-order valence-corrected chi connectivity index (χ1v) is 4.80. The fourth-order valence-corrected chi connectivity index (χ4v) is 1.16. The predicted molar refractivity (Wildman–Crippen MR) is 60.5 cm³/mol. The molecule has 0 aromatic carbocycles. The Balaban J connectivity index is 2.61. The SMILES string of the molecule is CNC(=S)NNC(=O)c1nn(C)cc1Cl. The second-order valence-corrected chi connectivity index (χ2v) is 3.47. The molecule has 0 fully saturated rings. The third-order valence-electron chi connectivity index (χ3n) is 1.52. The van der Waals surface area contributed by atoms with E-state index >= 15 is 0 Å². The fourth-order valence-electron chi connectivity index (χ4n) is 0.849. The second kappa shape index (κ2) is 4.94. The molecule has 0 aliphatic heterocycles. The molecule has 0 saturated carbocycles. The number of rotatable bonds is 1. The third kappa shape index (κ3) is 3.07. The van der Waals surface area contributed by atoms with Gasteiger partial charge in [-0.2, -0.15) is 5.10 Å². The standard InChI is InChI=1S/C7H10ClN5OS/c1-9-7(15)11-10-6(14)5-4(8)3-13(2)12-5/h3H,1-2H3,(H,10,14)(H2,9,11,15). The summed E-state index contributed by atoms with van der Waals surface area (Å²) in [5.41, 5.74) is 4.97. The monoisotopic (exact) mass is 247 g/mol. The van der Waals surface area contributed by atoms with Crippen LogP contribution in [0.2, 0.25) is 5.02 Å². The van der Waals surface area contributed by atoms with E-state index in [0.29, 0.717) is 5.11 Å². The van der Waals surface area contributed by atoms with Gasteiger partial charge in [0.2, 0.25) is 0 Å². The lowest BCUT2D eigenvalue weighted by molar-refractivity contribution is 0.0938. The zero-order valence-corrected chi connectivity index (χ0v) is 9.74. The molecule has 1 aromatic rings. The Morgan fingerprint density at radius 3 is 2.73 bits per heavy atom.